The van der Waals surface area contributed by atoms with E-state index in [9.17, 15) is 9.59 Å². The van der Waals surface area contributed by atoms with Crippen LogP contribution in [-0.2, 0) is 20.7 Å². The van der Waals surface area contributed by atoms with E-state index in [0.717, 1.165) is 36.5 Å². The molecule has 4 rings (SSSR count). The third-order valence-corrected chi connectivity index (χ3v) is 5.75. The number of benzene rings is 1. The number of furan rings is 1. The maximum Gasteiger partial charge on any atom is 0.227 e. The fourth-order valence-corrected chi connectivity index (χ4v) is 4.11. The largest absolute Gasteiger partial charge is 0.461 e. The Kier molecular flexibility index (Phi) is 6.30. The first kappa shape index (κ1) is 19.7. The topological polar surface area (TPSA) is 63.0 Å². The van der Waals surface area contributed by atoms with Crippen molar-refractivity contribution in [1.82, 2.24) is 9.80 Å². The average molecular weight is 396 g/mol. The van der Waals surface area contributed by atoms with E-state index < -0.39 is 0 Å². The number of likely N-dealkylation sites (tertiary alicyclic amines) is 1. The highest BCUT2D eigenvalue weighted by Crippen LogP contribution is 2.24. The van der Waals surface area contributed by atoms with Crippen LogP contribution >= 0.6 is 0 Å². The number of piperidine rings is 1. The van der Waals surface area contributed by atoms with Crippen molar-refractivity contribution in [2.45, 2.75) is 25.7 Å². The average Bonchev–Trinajstić information content (AvgIpc) is 3.27. The lowest BCUT2D eigenvalue weighted by Gasteiger charge is -2.36. The van der Waals surface area contributed by atoms with Gasteiger partial charge >= 0.3 is 0 Å². The van der Waals surface area contributed by atoms with E-state index in [2.05, 4.69) is 0 Å². The molecule has 6 heteroatoms. The molecular weight excluding hydrogens is 368 g/mol. The first-order chi connectivity index (χ1) is 14.2. The summed E-state index contributed by atoms with van der Waals surface area (Å²) in [6.07, 6.45) is 2.72. The highest BCUT2D eigenvalue weighted by molar-refractivity contribution is 5.81. The second-order valence-electron chi connectivity index (χ2n) is 7.75. The molecule has 2 aliphatic heterocycles. The standard InChI is InChI=1S/C23H28N2O4/c26-22(11-9-20-8-10-21(29-20)18-5-2-1-3-6-18)25-12-4-7-19(17-25)23(27)24-13-15-28-16-14-24/h1-3,5-6,8,10,19H,4,7,9,11-17H2/t19-/m0/s1. The summed E-state index contributed by atoms with van der Waals surface area (Å²) >= 11 is 0. The molecule has 29 heavy (non-hydrogen) atoms. The molecule has 1 aromatic carbocycles. The summed E-state index contributed by atoms with van der Waals surface area (Å²) in [4.78, 5) is 29.2. The highest BCUT2D eigenvalue weighted by Gasteiger charge is 2.31. The molecule has 2 aliphatic rings. The number of rotatable bonds is 5. The van der Waals surface area contributed by atoms with Crippen molar-refractivity contribution >= 4 is 11.8 Å². The number of aryl methyl sites for hydroxylation is 1. The number of ether oxygens (including phenoxy) is 1. The first-order valence-corrected chi connectivity index (χ1v) is 10.5. The van der Waals surface area contributed by atoms with Gasteiger partial charge in [-0.2, -0.15) is 0 Å². The zero-order valence-electron chi connectivity index (χ0n) is 16.7. The van der Waals surface area contributed by atoms with Crippen LogP contribution in [0.1, 0.15) is 25.0 Å². The highest BCUT2D eigenvalue weighted by atomic mass is 16.5. The Balaban J connectivity index is 1.29. The van der Waals surface area contributed by atoms with Crippen LogP contribution in [0.3, 0.4) is 0 Å². The van der Waals surface area contributed by atoms with Gasteiger partial charge in [0, 0.05) is 44.6 Å². The van der Waals surface area contributed by atoms with Crippen LogP contribution in [0.5, 0.6) is 0 Å². The Morgan fingerprint density at radius 3 is 2.55 bits per heavy atom. The van der Waals surface area contributed by atoms with Gasteiger partial charge in [-0.05, 0) is 25.0 Å². The minimum absolute atomic E-state index is 0.0842. The summed E-state index contributed by atoms with van der Waals surface area (Å²) < 4.78 is 11.2. The Morgan fingerprint density at radius 1 is 0.966 bits per heavy atom. The summed E-state index contributed by atoms with van der Waals surface area (Å²) in [5, 5.41) is 0. The number of amides is 2. The zero-order valence-corrected chi connectivity index (χ0v) is 16.7. The van der Waals surface area contributed by atoms with Crippen LogP contribution in [0.15, 0.2) is 46.9 Å². The van der Waals surface area contributed by atoms with E-state index in [1.54, 1.807) is 0 Å². The maximum absolute atomic E-state index is 12.8. The molecule has 2 amide bonds. The Labute approximate surface area is 171 Å². The second-order valence-corrected chi connectivity index (χ2v) is 7.75. The number of carbonyl (C=O) groups excluding carboxylic acids is 2. The van der Waals surface area contributed by atoms with E-state index in [1.807, 2.05) is 52.3 Å². The van der Waals surface area contributed by atoms with Crippen molar-refractivity contribution in [2.24, 2.45) is 5.92 Å². The van der Waals surface area contributed by atoms with E-state index in [1.165, 1.54) is 0 Å². The van der Waals surface area contributed by atoms with Crippen LogP contribution in [-0.4, -0.2) is 61.0 Å². The minimum atomic E-state index is -0.0842. The Hall–Kier alpha value is -2.60. The molecule has 0 saturated carbocycles. The normalized spacial score (nSPS) is 19.9. The third-order valence-electron chi connectivity index (χ3n) is 5.75. The molecule has 0 bridgehead atoms. The number of nitrogens with zero attached hydrogens (tertiary/aromatic N) is 2. The van der Waals surface area contributed by atoms with Crippen molar-refractivity contribution in [3.8, 4) is 11.3 Å². The van der Waals surface area contributed by atoms with E-state index in [4.69, 9.17) is 9.15 Å². The van der Waals surface area contributed by atoms with Crippen LogP contribution in [0.2, 0.25) is 0 Å². The van der Waals surface area contributed by atoms with Gasteiger partial charge in [-0.15, -0.1) is 0 Å². The van der Waals surface area contributed by atoms with Crippen LogP contribution in [0, 0.1) is 5.92 Å². The number of carbonyl (C=O) groups is 2. The molecule has 6 nitrogen and oxygen atoms in total. The Morgan fingerprint density at radius 2 is 1.76 bits per heavy atom. The van der Waals surface area contributed by atoms with Crippen molar-refractivity contribution in [2.75, 3.05) is 39.4 Å². The zero-order chi connectivity index (χ0) is 20.1. The second kappa shape index (κ2) is 9.27. The molecule has 154 valence electrons. The van der Waals surface area contributed by atoms with Crippen LogP contribution in [0.4, 0.5) is 0 Å². The molecule has 3 heterocycles. The molecule has 1 aromatic heterocycles. The molecule has 2 fully saturated rings. The van der Waals surface area contributed by atoms with E-state index in [-0.39, 0.29) is 17.7 Å². The fraction of sp³-hybridized carbons (Fsp3) is 0.478. The summed E-state index contributed by atoms with van der Waals surface area (Å²) in [7, 11) is 0. The third kappa shape index (κ3) is 4.88. The summed E-state index contributed by atoms with van der Waals surface area (Å²) in [6.45, 7) is 3.79. The van der Waals surface area contributed by atoms with Gasteiger partial charge in [-0.3, -0.25) is 9.59 Å². The van der Waals surface area contributed by atoms with Crippen LogP contribution in [0.25, 0.3) is 11.3 Å². The van der Waals surface area contributed by atoms with Gasteiger partial charge in [0.15, 0.2) is 0 Å². The van der Waals surface area contributed by atoms with Crippen molar-refractivity contribution in [3.05, 3.63) is 48.2 Å². The monoisotopic (exact) mass is 396 g/mol. The fourth-order valence-electron chi connectivity index (χ4n) is 4.11. The molecule has 0 N–H and O–H groups in total. The van der Waals surface area contributed by atoms with E-state index in [0.29, 0.717) is 45.7 Å². The molecule has 2 saturated heterocycles. The molecule has 0 unspecified atom stereocenters. The van der Waals surface area contributed by atoms with Gasteiger partial charge in [0.2, 0.25) is 11.8 Å². The molecule has 0 aliphatic carbocycles. The maximum atomic E-state index is 12.8. The van der Waals surface area contributed by atoms with Gasteiger partial charge in [0.05, 0.1) is 19.1 Å². The summed E-state index contributed by atoms with van der Waals surface area (Å²) in [6, 6.07) is 13.8. The molecule has 0 radical (unpaired) electrons. The molecule has 1 atom stereocenters. The quantitative estimate of drug-likeness (QED) is 0.780. The van der Waals surface area contributed by atoms with Gasteiger partial charge in [0.25, 0.3) is 0 Å². The predicted molar refractivity (Wildman–Crippen MR) is 109 cm³/mol. The van der Waals surface area contributed by atoms with Crippen molar-refractivity contribution in [1.29, 1.82) is 0 Å². The number of hydrogen-bond donors (Lipinski definition) is 0. The Bertz CT molecular complexity index is 826. The summed E-state index contributed by atoms with van der Waals surface area (Å²) in [5.41, 5.74) is 1.03. The molecule has 2 aromatic rings. The SMILES string of the molecule is O=C(CCc1ccc(-c2ccccc2)o1)N1CCC[C@H](C(=O)N2CCOCC2)C1. The first-order valence-electron chi connectivity index (χ1n) is 10.5. The van der Waals surface area contributed by atoms with Crippen molar-refractivity contribution in [3.63, 3.8) is 0 Å². The molecule has 0 spiro atoms. The number of morpholine rings is 1. The van der Waals surface area contributed by atoms with Crippen LogP contribution < -0.4 is 0 Å². The summed E-state index contributed by atoms with van der Waals surface area (Å²) in [5.74, 6) is 1.82. The van der Waals surface area contributed by atoms with E-state index >= 15 is 0 Å². The lowest BCUT2D eigenvalue weighted by molar-refractivity contribution is -0.144. The van der Waals surface area contributed by atoms with Gasteiger partial charge < -0.3 is 19.0 Å². The van der Waals surface area contributed by atoms with Gasteiger partial charge in [-0.1, -0.05) is 30.3 Å². The predicted octanol–water partition coefficient (Wildman–Crippen LogP) is 2.98. The minimum Gasteiger partial charge on any atom is -0.461 e. The molecular formula is C23H28N2O4. The lowest BCUT2D eigenvalue weighted by Crippen LogP contribution is -2.49. The lowest BCUT2D eigenvalue weighted by atomic mass is 9.96. The smallest absolute Gasteiger partial charge is 0.227 e. The number of hydrogen-bond acceptors (Lipinski definition) is 4. The van der Waals surface area contributed by atoms with Gasteiger partial charge in [0.1, 0.15) is 11.5 Å². The van der Waals surface area contributed by atoms with Gasteiger partial charge in [-0.25, -0.2) is 0 Å². The van der Waals surface area contributed by atoms with Crippen molar-refractivity contribution < 1.29 is 18.7 Å².